The maximum Gasteiger partial charge on any atom is 0.321 e. The lowest BCUT2D eigenvalue weighted by Gasteiger charge is -2.34. The van der Waals surface area contributed by atoms with Crippen LogP contribution in [0.2, 0.25) is 0 Å². The third-order valence-electron chi connectivity index (χ3n) is 4.42. The molecule has 0 bridgehead atoms. The molecular weight excluding hydrogens is 298 g/mol. The lowest BCUT2D eigenvalue weighted by Crippen LogP contribution is -2.50. The van der Waals surface area contributed by atoms with E-state index in [1.165, 1.54) is 7.05 Å². The van der Waals surface area contributed by atoms with Crippen molar-refractivity contribution in [2.75, 3.05) is 59.4 Å². The van der Waals surface area contributed by atoms with Gasteiger partial charge in [-0.1, -0.05) is 0 Å². The van der Waals surface area contributed by atoms with Crippen molar-refractivity contribution in [3.8, 4) is 0 Å². The van der Waals surface area contributed by atoms with Crippen molar-refractivity contribution < 1.29 is 14.4 Å². The van der Waals surface area contributed by atoms with Crippen LogP contribution in [0.3, 0.4) is 0 Å². The number of urea groups is 1. The van der Waals surface area contributed by atoms with Gasteiger partial charge in [-0.05, 0) is 12.8 Å². The van der Waals surface area contributed by atoms with Gasteiger partial charge >= 0.3 is 6.03 Å². The Bertz CT molecular complexity index is 429. The fraction of sp³-hybridized carbons (Fsp3) is 0.800. The van der Waals surface area contributed by atoms with Gasteiger partial charge in [-0.2, -0.15) is 0 Å². The van der Waals surface area contributed by atoms with Gasteiger partial charge in [0.05, 0.1) is 6.54 Å². The van der Waals surface area contributed by atoms with Crippen LogP contribution < -0.4 is 10.6 Å². The first kappa shape index (κ1) is 17.7. The molecule has 2 heterocycles. The van der Waals surface area contributed by atoms with E-state index >= 15 is 0 Å². The predicted molar refractivity (Wildman–Crippen MR) is 85.9 cm³/mol. The second kappa shape index (κ2) is 8.83. The summed E-state index contributed by atoms with van der Waals surface area (Å²) in [7, 11) is 1.48. The summed E-state index contributed by atoms with van der Waals surface area (Å²) in [6.07, 6.45) is 2.55. The largest absolute Gasteiger partial charge is 0.342 e. The minimum absolute atomic E-state index is 0.237. The van der Waals surface area contributed by atoms with Crippen LogP contribution in [0.1, 0.15) is 19.3 Å². The highest BCUT2D eigenvalue weighted by atomic mass is 16.2. The number of hydrogen-bond donors (Lipinski definition) is 2. The van der Waals surface area contributed by atoms with Crippen LogP contribution in [0.5, 0.6) is 0 Å². The maximum absolute atomic E-state index is 12.1. The quantitative estimate of drug-likeness (QED) is 0.682. The van der Waals surface area contributed by atoms with E-state index in [4.69, 9.17) is 0 Å². The molecule has 2 N–H and O–H groups in total. The van der Waals surface area contributed by atoms with Crippen molar-refractivity contribution in [2.24, 2.45) is 0 Å². The highest BCUT2D eigenvalue weighted by Gasteiger charge is 2.23. The van der Waals surface area contributed by atoms with Gasteiger partial charge in [0.1, 0.15) is 0 Å². The number of hydrogen-bond acceptors (Lipinski definition) is 5. The smallest absolute Gasteiger partial charge is 0.321 e. The Balaban J connectivity index is 1.61. The molecule has 2 aliphatic heterocycles. The number of nitrogens with zero attached hydrogens (tertiary/aromatic N) is 3. The molecule has 0 aromatic carbocycles. The van der Waals surface area contributed by atoms with E-state index in [0.29, 0.717) is 19.5 Å². The fourth-order valence-electron chi connectivity index (χ4n) is 2.94. The van der Waals surface area contributed by atoms with Crippen molar-refractivity contribution in [3.05, 3.63) is 0 Å². The molecule has 2 rings (SSSR count). The van der Waals surface area contributed by atoms with Gasteiger partial charge in [0, 0.05) is 59.3 Å². The van der Waals surface area contributed by atoms with E-state index in [9.17, 15) is 14.4 Å². The molecule has 0 aliphatic carbocycles. The molecule has 2 saturated heterocycles. The Morgan fingerprint density at radius 1 is 0.913 bits per heavy atom. The second-order valence-electron chi connectivity index (χ2n) is 6.08. The highest BCUT2D eigenvalue weighted by molar-refractivity contribution is 5.94. The van der Waals surface area contributed by atoms with Gasteiger partial charge in [0.15, 0.2) is 0 Å². The summed E-state index contributed by atoms with van der Waals surface area (Å²) in [6, 6.07) is -0.472. The number of imide groups is 1. The molecule has 8 nitrogen and oxygen atoms in total. The average molecular weight is 325 g/mol. The van der Waals surface area contributed by atoms with Crippen molar-refractivity contribution in [2.45, 2.75) is 19.3 Å². The molecule has 0 aromatic heterocycles. The van der Waals surface area contributed by atoms with Crippen LogP contribution in [0.4, 0.5) is 4.79 Å². The molecule has 130 valence electrons. The Labute approximate surface area is 137 Å². The van der Waals surface area contributed by atoms with Gasteiger partial charge in [0.2, 0.25) is 11.8 Å². The number of carbonyl (C=O) groups is 3. The molecule has 0 atom stereocenters. The molecular formula is C15H27N5O3. The van der Waals surface area contributed by atoms with Gasteiger partial charge in [-0.15, -0.1) is 0 Å². The van der Waals surface area contributed by atoms with E-state index in [0.717, 1.165) is 52.1 Å². The first-order valence-corrected chi connectivity index (χ1v) is 8.32. The Kier molecular flexibility index (Phi) is 6.79. The third-order valence-corrected chi connectivity index (χ3v) is 4.42. The van der Waals surface area contributed by atoms with Crippen molar-refractivity contribution in [1.82, 2.24) is 25.3 Å². The van der Waals surface area contributed by atoms with E-state index in [1.807, 2.05) is 4.90 Å². The van der Waals surface area contributed by atoms with Crippen LogP contribution in [0.25, 0.3) is 0 Å². The van der Waals surface area contributed by atoms with Crippen LogP contribution >= 0.6 is 0 Å². The monoisotopic (exact) mass is 325 g/mol. The zero-order valence-electron chi connectivity index (χ0n) is 13.8. The average Bonchev–Trinajstić information content (AvgIpc) is 3.08. The van der Waals surface area contributed by atoms with E-state index in [1.54, 1.807) is 0 Å². The lowest BCUT2D eigenvalue weighted by atomic mass is 10.2. The minimum Gasteiger partial charge on any atom is -0.342 e. The minimum atomic E-state index is -0.472. The first-order valence-electron chi connectivity index (χ1n) is 8.32. The molecule has 0 spiro atoms. The summed E-state index contributed by atoms with van der Waals surface area (Å²) in [5.74, 6) is -0.0307. The Morgan fingerprint density at radius 3 is 2.13 bits per heavy atom. The first-order chi connectivity index (χ1) is 11.1. The Hall–Kier alpha value is -1.67. The van der Waals surface area contributed by atoms with E-state index in [2.05, 4.69) is 20.4 Å². The molecule has 2 aliphatic rings. The third kappa shape index (κ3) is 5.80. The number of likely N-dealkylation sites (tertiary alicyclic amines) is 1. The van der Waals surface area contributed by atoms with Crippen LogP contribution in [0.15, 0.2) is 0 Å². The summed E-state index contributed by atoms with van der Waals surface area (Å²) in [5, 5.41) is 4.61. The molecule has 0 aromatic rings. The second-order valence-corrected chi connectivity index (χ2v) is 6.08. The SMILES string of the molecule is CNC(=O)NC(=O)CCN1CCN(CC(=O)N2CCCC2)CC1. The van der Waals surface area contributed by atoms with Crippen LogP contribution in [-0.4, -0.2) is 92.0 Å². The number of amides is 4. The maximum atomic E-state index is 12.1. The van der Waals surface area contributed by atoms with Gasteiger partial charge in [0.25, 0.3) is 0 Å². The van der Waals surface area contributed by atoms with Gasteiger partial charge in [-0.25, -0.2) is 4.79 Å². The number of nitrogens with one attached hydrogen (secondary N) is 2. The number of rotatable bonds is 5. The van der Waals surface area contributed by atoms with Crippen molar-refractivity contribution in [1.29, 1.82) is 0 Å². The highest BCUT2D eigenvalue weighted by Crippen LogP contribution is 2.09. The summed E-state index contributed by atoms with van der Waals surface area (Å²) in [6.45, 7) is 6.33. The predicted octanol–water partition coefficient (Wildman–Crippen LogP) is -0.928. The normalized spacial score (nSPS) is 19.6. The van der Waals surface area contributed by atoms with Crippen LogP contribution in [-0.2, 0) is 9.59 Å². The Morgan fingerprint density at radius 2 is 1.52 bits per heavy atom. The number of carbonyl (C=O) groups excluding carboxylic acids is 3. The number of piperazine rings is 1. The molecule has 2 fully saturated rings. The molecule has 0 saturated carbocycles. The topological polar surface area (TPSA) is 85.0 Å². The van der Waals surface area contributed by atoms with Gasteiger partial charge in [-0.3, -0.25) is 19.8 Å². The van der Waals surface area contributed by atoms with Crippen molar-refractivity contribution >= 4 is 17.8 Å². The summed E-state index contributed by atoms with van der Waals surface area (Å²) in [5.41, 5.74) is 0. The molecule has 0 unspecified atom stereocenters. The lowest BCUT2D eigenvalue weighted by molar-refractivity contribution is -0.131. The summed E-state index contributed by atoms with van der Waals surface area (Å²) < 4.78 is 0. The van der Waals surface area contributed by atoms with Crippen LogP contribution in [0, 0.1) is 0 Å². The van der Waals surface area contributed by atoms with E-state index in [-0.39, 0.29) is 11.8 Å². The molecule has 0 radical (unpaired) electrons. The van der Waals surface area contributed by atoms with Gasteiger partial charge < -0.3 is 15.1 Å². The van der Waals surface area contributed by atoms with Crippen molar-refractivity contribution in [3.63, 3.8) is 0 Å². The standard InChI is InChI=1S/C15H27N5O3/c1-16-15(23)17-13(21)4-7-18-8-10-19(11-9-18)12-14(22)20-5-2-3-6-20/h2-12H2,1H3,(H2,16,17,21,23). The zero-order chi connectivity index (χ0) is 16.7. The van der Waals surface area contributed by atoms with E-state index < -0.39 is 6.03 Å². The summed E-state index contributed by atoms with van der Waals surface area (Å²) >= 11 is 0. The molecule has 8 heteroatoms. The molecule has 23 heavy (non-hydrogen) atoms. The zero-order valence-corrected chi connectivity index (χ0v) is 13.8. The summed E-state index contributed by atoms with van der Waals surface area (Å²) in [4.78, 5) is 41.0. The fourth-order valence-corrected chi connectivity index (χ4v) is 2.94. The molecule has 4 amide bonds.